The van der Waals surface area contributed by atoms with Gasteiger partial charge in [0.2, 0.25) is 5.91 Å². The molecule has 1 atom stereocenters. The van der Waals surface area contributed by atoms with Crippen molar-refractivity contribution < 1.29 is 27.9 Å². The Kier molecular flexibility index (Phi) is 7.84. The Bertz CT molecular complexity index is 1350. The number of nitrogens with zero attached hydrogens (tertiary/aromatic N) is 4. The predicted octanol–water partition coefficient (Wildman–Crippen LogP) is 4.35. The molecule has 39 heavy (non-hydrogen) atoms. The molecule has 2 saturated heterocycles. The van der Waals surface area contributed by atoms with E-state index in [9.17, 15) is 13.6 Å². The van der Waals surface area contributed by atoms with Crippen molar-refractivity contribution in [1.82, 2.24) is 9.97 Å². The minimum absolute atomic E-state index is 0.351. The Morgan fingerprint density at radius 2 is 1.85 bits per heavy atom. The van der Waals surface area contributed by atoms with Gasteiger partial charge in [-0.2, -0.15) is 0 Å². The third kappa shape index (κ3) is 5.91. The molecule has 3 heterocycles. The summed E-state index contributed by atoms with van der Waals surface area (Å²) in [6.45, 7) is 6.37. The van der Waals surface area contributed by atoms with Crippen LogP contribution in [0.5, 0.6) is 5.75 Å². The first kappa shape index (κ1) is 26.3. The molecule has 0 radical (unpaired) electrons. The highest BCUT2D eigenvalue weighted by atomic mass is 19.1. The van der Waals surface area contributed by atoms with Crippen LogP contribution < -0.4 is 25.3 Å². The number of halogens is 2. The standard InChI is InChI=1S/C27H28F2N6O4/c1-3-27(36)33-20-13-21(24(37-2)14-23(20)34-5-8-38-9-6-34)32-25-15-26(31-16-30-25)35-22(4-7-39-35)17-10-18(28)12-19(29)11-17/h3,10-16,22H,1,4-9H2,2H3,(H,33,36)(H,30,31,32)/t22-/m1/s1. The quantitative estimate of drug-likeness (QED) is 0.406. The van der Waals surface area contributed by atoms with Crippen molar-refractivity contribution in [2.45, 2.75) is 12.5 Å². The molecule has 0 spiro atoms. The lowest BCUT2D eigenvalue weighted by atomic mass is 10.0. The summed E-state index contributed by atoms with van der Waals surface area (Å²) in [4.78, 5) is 28.7. The van der Waals surface area contributed by atoms with E-state index in [0.29, 0.717) is 73.7 Å². The first-order chi connectivity index (χ1) is 18.9. The zero-order chi connectivity index (χ0) is 27.4. The van der Waals surface area contributed by atoms with Gasteiger partial charge in [0.1, 0.15) is 29.5 Å². The van der Waals surface area contributed by atoms with Crippen molar-refractivity contribution in [2.75, 3.05) is 60.6 Å². The van der Waals surface area contributed by atoms with Crippen LogP contribution in [0.25, 0.3) is 0 Å². The highest BCUT2D eigenvalue weighted by Crippen LogP contribution is 2.40. The van der Waals surface area contributed by atoms with Crippen LogP contribution in [0.15, 0.2) is 55.4 Å². The number of carbonyl (C=O) groups excluding carboxylic acids is 1. The number of hydrogen-bond acceptors (Lipinski definition) is 9. The highest BCUT2D eigenvalue weighted by molar-refractivity contribution is 6.02. The maximum Gasteiger partial charge on any atom is 0.247 e. The summed E-state index contributed by atoms with van der Waals surface area (Å²) in [5.74, 6) is -0.320. The monoisotopic (exact) mass is 538 g/mol. The molecular formula is C27H28F2N6O4. The summed E-state index contributed by atoms with van der Waals surface area (Å²) in [6, 6.07) is 8.24. The van der Waals surface area contributed by atoms with Gasteiger partial charge in [0.25, 0.3) is 0 Å². The Labute approximate surface area is 224 Å². The molecule has 12 heteroatoms. The lowest BCUT2D eigenvalue weighted by Gasteiger charge is -2.31. The Hall–Kier alpha value is -4.29. The fourth-order valence-corrected chi connectivity index (χ4v) is 4.62. The Balaban J connectivity index is 1.45. The second-order valence-corrected chi connectivity index (χ2v) is 8.92. The zero-order valence-corrected chi connectivity index (χ0v) is 21.3. The number of hydroxylamine groups is 1. The molecule has 0 saturated carbocycles. The second kappa shape index (κ2) is 11.6. The number of rotatable bonds is 8. The van der Waals surface area contributed by atoms with E-state index < -0.39 is 17.7 Å². The lowest BCUT2D eigenvalue weighted by Crippen LogP contribution is -2.36. The average molecular weight is 539 g/mol. The molecule has 2 fully saturated rings. The van der Waals surface area contributed by atoms with E-state index in [1.54, 1.807) is 19.2 Å². The molecule has 2 N–H and O–H groups in total. The first-order valence-electron chi connectivity index (χ1n) is 12.4. The number of methoxy groups -OCH3 is 1. The zero-order valence-electron chi connectivity index (χ0n) is 21.3. The lowest BCUT2D eigenvalue weighted by molar-refractivity contribution is -0.111. The Morgan fingerprint density at radius 1 is 1.08 bits per heavy atom. The minimum atomic E-state index is -0.658. The summed E-state index contributed by atoms with van der Waals surface area (Å²) in [7, 11) is 1.55. The fraction of sp³-hybridized carbons (Fsp3) is 0.296. The molecule has 0 bridgehead atoms. The molecule has 204 valence electrons. The van der Waals surface area contributed by atoms with Crippen LogP contribution in [-0.2, 0) is 14.4 Å². The molecule has 0 unspecified atom stereocenters. The number of nitrogens with one attached hydrogen (secondary N) is 2. The van der Waals surface area contributed by atoms with Crippen LogP contribution in [0.2, 0.25) is 0 Å². The number of hydrogen-bond donors (Lipinski definition) is 2. The van der Waals surface area contributed by atoms with Crippen LogP contribution in [0.3, 0.4) is 0 Å². The molecule has 2 aliphatic heterocycles. The van der Waals surface area contributed by atoms with Gasteiger partial charge in [0.05, 0.1) is 50.0 Å². The molecule has 5 rings (SSSR count). The van der Waals surface area contributed by atoms with Gasteiger partial charge >= 0.3 is 0 Å². The van der Waals surface area contributed by atoms with Gasteiger partial charge in [0.15, 0.2) is 5.82 Å². The normalized spacial score (nSPS) is 17.2. The SMILES string of the molecule is C=CC(=O)Nc1cc(Nc2cc(N3OCC[C@@H]3c3cc(F)cc(F)c3)ncn2)c(OC)cc1N1CCOCC1. The molecule has 3 aromatic rings. The summed E-state index contributed by atoms with van der Waals surface area (Å²) in [5, 5.41) is 7.61. The Morgan fingerprint density at radius 3 is 2.56 bits per heavy atom. The summed E-state index contributed by atoms with van der Waals surface area (Å²) >= 11 is 0. The van der Waals surface area contributed by atoms with Crippen LogP contribution in [0, 0.1) is 11.6 Å². The average Bonchev–Trinajstić information content (AvgIpc) is 3.44. The number of aromatic nitrogens is 2. The predicted molar refractivity (Wildman–Crippen MR) is 142 cm³/mol. The maximum absolute atomic E-state index is 13.9. The number of anilines is 5. The summed E-state index contributed by atoms with van der Waals surface area (Å²) in [6.07, 6.45) is 3.09. The maximum atomic E-state index is 13.9. The largest absolute Gasteiger partial charge is 0.494 e. The van der Waals surface area contributed by atoms with Gasteiger partial charge in [-0.15, -0.1) is 0 Å². The third-order valence-electron chi connectivity index (χ3n) is 6.43. The topological polar surface area (TPSA) is 101 Å². The molecular weight excluding hydrogens is 510 g/mol. The van der Waals surface area contributed by atoms with Gasteiger partial charge in [-0.25, -0.2) is 23.8 Å². The number of benzene rings is 2. The van der Waals surface area contributed by atoms with E-state index in [-0.39, 0.29) is 5.91 Å². The number of ether oxygens (including phenoxy) is 2. The smallest absolute Gasteiger partial charge is 0.247 e. The minimum Gasteiger partial charge on any atom is -0.494 e. The van der Waals surface area contributed by atoms with E-state index in [2.05, 4.69) is 32.1 Å². The fourth-order valence-electron chi connectivity index (χ4n) is 4.62. The van der Waals surface area contributed by atoms with Crippen molar-refractivity contribution in [3.8, 4) is 5.75 Å². The van der Waals surface area contributed by atoms with Gasteiger partial charge in [-0.3, -0.25) is 9.63 Å². The third-order valence-corrected chi connectivity index (χ3v) is 6.43. The van der Waals surface area contributed by atoms with Crippen molar-refractivity contribution in [1.29, 1.82) is 0 Å². The van der Waals surface area contributed by atoms with Gasteiger partial charge < -0.3 is 25.0 Å². The second-order valence-electron chi connectivity index (χ2n) is 8.92. The molecule has 2 aliphatic rings. The van der Waals surface area contributed by atoms with Crippen LogP contribution in [-0.4, -0.2) is 55.9 Å². The van der Waals surface area contributed by atoms with E-state index in [4.69, 9.17) is 14.3 Å². The van der Waals surface area contributed by atoms with Crippen LogP contribution in [0.1, 0.15) is 18.0 Å². The molecule has 1 amide bonds. The summed E-state index contributed by atoms with van der Waals surface area (Å²) in [5.41, 5.74) is 2.34. The molecule has 0 aliphatic carbocycles. The van der Waals surface area contributed by atoms with E-state index in [1.165, 1.54) is 29.6 Å². The molecule has 1 aromatic heterocycles. The van der Waals surface area contributed by atoms with Crippen LogP contribution in [0.4, 0.5) is 37.5 Å². The molecule has 2 aromatic carbocycles. The van der Waals surface area contributed by atoms with E-state index in [1.807, 2.05) is 6.07 Å². The van der Waals surface area contributed by atoms with Gasteiger partial charge in [-0.05, 0) is 29.8 Å². The van der Waals surface area contributed by atoms with Gasteiger partial charge in [0, 0.05) is 37.7 Å². The highest BCUT2D eigenvalue weighted by Gasteiger charge is 2.30. The van der Waals surface area contributed by atoms with E-state index >= 15 is 0 Å². The number of morpholine rings is 1. The van der Waals surface area contributed by atoms with Crippen molar-refractivity contribution >= 4 is 34.6 Å². The van der Waals surface area contributed by atoms with Crippen molar-refractivity contribution in [2.24, 2.45) is 0 Å². The van der Waals surface area contributed by atoms with Crippen molar-refractivity contribution in [3.05, 3.63) is 72.6 Å². The van der Waals surface area contributed by atoms with Crippen molar-refractivity contribution in [3.63, 3.8) is 0 Å². The van der Waals surface area contributed by atoms with E-state index in [0.717, 1.165) is 11.8 Å². The molecule has 10 nitrogen and oxygen atoms in total. The van der Waals surface area contributed by atoms with Gasteiger partial charge in [-0.1, -0.05) is 6.58 Å². The van der Waals surface area contributed by atoms with Crippen LogP contribution >= 0.6 is 0 Å². The summed E-state index contributed by atoms with van der Waals surface area (Å²) < 4.78 is 38.9. The first-order valence-corrected chi connectivity index (χ1v) is 12.4. The number of amides is 1. The number of carbonyl (C=O) groups is 1.